The maximum Gasteiger partial charge on any atom is 0.229 e. The average Bonchev–Trinajstić information content (AvgIpc) is 3.03. The molecule has 0 spiro atoms. The van der Waals surface area contributed by atoms with Gasteiger partial charge in [0, 0.05) is 23.8 Å². The molecular weight excluding hydrogens is 588 g/mol. The summed E-state index contributed by atoms with van der Waals surface area (Å²) in [7, 11) is 4.32. The molecule has 2 fully saturated rings. The van der Waals surface area contributed by atoms with Crippen molar-refractivity contribution in [2.45, 2.75) is 55.3 Å². The van der Waals surface area contributed by atoms with Crippen LogP contribution in [0.4, 0.5) is 0 Å². The summed E-state index contributed by atoms with van der Waals surface area (Å²) < 4.78 is 44.2. The molecule has 0 bridgehead atoms. The molecule has 1 aromatic heterocycles. The molecule has 3 aromatic rings. The first-order valence-electron chi connectivity index (χ1n) is 13.6. The molecule has 5 rings (SSSR count). The minimum Gasteiger partial charge on any atom is -0.496 e. The van der Waals surface area contributed by atoms with Crippen LogP contribution < -0.4 is 24.4 Å². The molecule has 44 heavy (non-hydrogen) atoms. The number of aliphatic hydroxyl groups excluding tert-OH is 6. The quantitative estimate of drug-likeness (QED) is 0.171. The molecule has 240 valence electrons. The van der Waals surface area contributed by atoms with Crippen molar-refractivity contribution in [3.05, 3.63) is 46.6 Å². The first-order valence-corrected chi connectivity index (χ1v) is 13.6. The molecule has 9 atom stereocenters. The molecule has 3 heterocycles. The Balaban J connectivity index is 1.40. The average molecular weight is 623 g/mol. The standard InChI is InChI=1S/C29H34O15/c1-37-16-5-4-12(6-18(16)38-2)17-9-14(30)22-19(39-3)7-13(8-20(22)43-17)42-29-27(36)25(34)24(33)21(44-29)11-41-28-26(35)23(32)15(31)10-40-28/h4-9,15,21,23-29,31-36H,10-11H2,1-3H3/t15-,21-,23+,24-,25+,26-,27-,28-,29-/m1/s1. The number of rotatable bonds is 9. The number of hydrogen-bond acceptors (Lipinski definition) is 15. The van der Waals surface area contributed by atoms with Gasteiger partial charge in [0.25, 0.3) is 0 Å². The Hall–Kier alpha value is -3.51. The van der Waals surface area contributed by atoms with Crippen molar-refractivity contribution in [1.29, 1.82) is 0 Å². The maximum absolute atomic E-state index is 13.1. The van der Waals surface area contributed by atoms with Crippen LogP contribution in [-0.2, 0) is 14.2 Å². The lowest BCUT2D eigenvalue weighted by Crippen LogP contribution is -2.61. The van der Waals surface area contributed by atoms with Crippen molar-refractivity contribution < 1.29 is 68.2 Å². The molecule has 2 aliphatic heterocycles. The maximum atomic E-state index is 13.1. The lowest BCUT2D eigenvalue weighted by atomic mass is 9.99. The van der Waals surface area contributed by atoms with E-state index in [1.54, 1.807) is 18.2 Å². The van der Waals surface area contributed by atoms with Gasteiger partial charge in [-0.1, -0.05) is 0 Å². The Labute approximate surface area is 250 Å². The number of fused-ring (bicyclic) bond motifs is 1. The summed E-state index contributed by atoms with van der Waals surface area (Å²) in [6.07, 6.45) is -13.7. The van der Waals surface area contributed by atoms with E-state index in [4.69, 9.17) is 37.6 Å². The molecule has 2 saturated heterocycles. The summed E-state index contributed by atoms with van der Waals surface area (Å²) in [5.74, 6) is 1.23. The molecule has 0 saturated carbocycles. The summed E-state index contributed by atoms with van der Waals surface area (Å²) in [6.45, 7) is -0.766. The molecule has 0 radical (unpaired) electrons. The zero-order valence-electron chi connectivity index (χ0n) is 23.9. The van der Waals surface area contributed by atoms with Gasteiger partial charge in [0.1, 0.15) is 71.0 Å². The normalized spacial score (nSPS) is 30.6. The molecule has 2 aliphatic rings. The van der Waals surface area contributed by atoms with Crippen molar-refractivity contribution >= 4 is 11.0 Å². The van der Waals surface area contributed by atoms with Crippen molar-refractivity contribution in [3.8, 4) is 34.3 Å². The minimum absolute atomic E-state index is 0.0254. The van der Waals surface area contributed by atoms with E-state index in [0.717, 1.165) is 0 Å². The highest BCUT2D eigenvalue weighted by Gasteiger charge is 2.46. The number of methoxy groups -OCH3 is 3. The van der Waals surface area contributed by atoms with Crippen LogP contribution in [0, 0.1) is 0 Å². The first-order chi connectivity index (χ1) is 21.1. The van der Waals surface area contributed by atoms with E-state index >= 15 is 0 Å². The van der Waals surface area contributed by atoms with Gasteiger partial charge in [-0.15, -0.1) is 0 Å². The number of hydrogen-bond donors (Lipinski definition) is 6. The van der Waals surface area contributed by atoms with E-state index in [0.29, 0.717) is 17.1 Å². The third kappa shape index (κ3) is 6.19. The summed E-state index contributed by atoms with van der Waals surface area (Å²) in [6, 6.07) is 9.03. The highest BCUT2D eigenvalue weighted by molar-refractivity contribution is 5.86. The zero-order chi connectivity index (χ0) is 31.7. The Morgan fingerprint density at radius 2 is 1.48 bits per heavy atom. The molecule has 15 nitrogen and oxygen atoms in total. The van der Waals surface area contributed by atoms with Crippen LogP contribution in [0.25, 0.3) is 22.3 Å². The van der Waals surface area contributed by atoms with Crippen LogP contribution >= 0.6 is 0 Å². The van der Waals surface area contributed by atoms with Crippen LogP contribution in [0.15, 0.2) is 45.6 Å². The topological polar surface area (TPSA) is 216 Å². The van der Waals surface area contributed by atoms with Crippen molar-refractivity contribution in [2.75, 3.05) is 34.5 Å². The smallest absolute Gasteiger partial charge is 0.229 e. The monoisotopic (exact) mass is 622 g/mol. The second kappa shape index (κ2) is 13.2. The summed E-state index contributed by atoms with van der Waals surface area (Å²) in [5.41, 5.74) is 0.187. The second-order valence-corrected chi connectivity index (χ2v) is 10.3. The van der Waals surface area contributed by atoms with Gasteiger partial charge in [-0.25, -0.2) is 0 Å². The van der Waals surface area contributed by atoms with Crippen LogP contribution in [0.5, 0.6) is 23.0 Å². The van der Waals surface area contributed by atoms with Crippen LogP contribution in [0.1, 0.15) is 0 Å². The van der Waals surface area contributed by atoms with E-state index in [1.807, 2.05) is 0 Å². The molecule has 0 unspecified atom stereocenters. The van der Waals surface area contributed by atoms with Crippen molar-refractivity contribution in [3.63, 3.8) is 0 Å². The molecule has 6 N–H and O–H groups in total. The van der Waals surface area contributed by atoms with E-state index in [1.165, 1.54) is 39.5 Å². The van der Waals surface area contributed by atoms with Crippen LogP contribution in [0.2, 0.25) is 0 Å². The Bertz CT molecular complexity index is 1510. The van der Waals surface area contributed by atoms with Crippen LogP contribution in [0.3, 0.4) is 0 Å². The fourth-order valence-electron chi connectivity index (χ4n) is 4.99. The summed E-state index contributed by atoms with van der Waals surface area (Å²) >= 11 is 0. The van der Waals surface area contributed by atoms with Gasteiger partial charge in [0.2, 0.25) is 6.29 Å². The van der Waals surface area contributed by atoms with E-state index < -0.39 is 67.3 Å². The van der Waals surface area contributed by atoms with Gasteiger partial charge in [-0.05, 0) is 18.2 Å². The highest BCUT2D eigenvalue weighted by atomic mass is 16.7. The Morgan fingerprint density at radius 1 is 0.773 bits per heavy atom. The van der Waals surface area contributed by atoms with Gasteiger partial charge in [-0.2, -0.15) is 0 Å². The number of aliphatic hydroxyl groups is 6. The SMILES string of the molecule is COc1ccc(-c2cc(=O)c3c(OC)cc(O[C@@H]4O[C@H](CO[C@H]5OC[C@@H](O)[C@H](O)[C@H]5O)[C@@H](O)[C@H](O)[C@H]4O)cc3o2)cc1OC. The minimum atomic E-state index is -1.73. The predicted molar refractivity (Wildman–Crippen MR) is 149 cm³/mol. The fourth-order valence-corrected chi connectivity index (χ4v) is 4.99. The summed E-state index contributed by atoms with van der Waals surface area (Å²) in [4.78, 5) is 13.1. The second-order valence-electron chi connectivity index (χ2n) is 10.3. The third-order valence-corrected chi connectivity index (χ3v) is 7.46. The van der Waals surface area contributed by atoms with E-state index in [-0.39, 0.29) is 34.8 Å². The molecule has 15 heteroatoms. The molecule has 2 aromatic carbocycles. The van der Waals surface area contributed by atoms with Gasteiger partial charge >= 0.3 is 0 Å². The van der Waals surface area contributed by atoms with Gasteiger partial charge in [0.15, 0.2) is 23.2 Å². The van der Waals surface area contributed by atoms with E-state index in [9.17, 15) is 35.4 Å². The lowest BCUT2D eigenvalue weighted by molar-refractivity contribution is -0.307. The Kier molecular flexibility index (Phi) is 9.59. The first kappa shape index (κ1) is 31.9. The van der Waals surface area contributed by atoms with Crippen molar-refractivity contribution in [1.82, 2.24) is 0 Å². The fraction of sp³-hybridized carbons (Fsp3) is 0.483. The van der Waals surface area contributed by atoms with Gasteiger partial charge in [-0.3, -0.25) is 4.79 Å². The molecular formula is C29H34O15. The zero-order valence-corrected chi connectivity index (χ0v) is 23.9. The summed E-state index contributed by atoms with van der Waals surface area (Å²) in [5, 5.41) is 61.3. The van der Waals surface area contributed by atoms with E-state index in [2.05, 4.69) is 0 Å². The van der Waals surface area contributed by atoms with Crippen LogP contribution in [-0.4, -0.2) is 120 Å². The largest absolute Gasteiger partial charge is 0.496 e. The lowest BCUT2D eigenvalue weighted by Gasteiger charge is -2.41. The van der Waals surface area contributed by atoms with Crippen molar-refractivity contribution in [2.24, 2.45) is 0 Å². The predicted octanol–water partition coefficient (Wildman–Crippen LogP) is -0.872. The molecule has 0 aliphatic carbocycles. The van der Waals surface area contributed by atoms with Gasteiger partial charge in [0.05, 0.1) is 34.5 Å². The third-order valence-electron chi connectivity index (χ3n) is 7.46. The number of benzene rings is 2. The Morgan fingerprint density at radius 3 is 2.18 bits per heavy atom. The molecule has 0 amide bonds. The van der Waals surface area contributed by atoms with Gasteiger partial charge < -0.3 is 68.2 Å². The highest BCUT2D eigenvalue weighted by Crippen LogP contribution is 2.36. The number of ether oxygens (including phenoxy) is 7.